The zero-order valence-corrected chi connectivity index (χ0v) is 14.3. The fraction of sp³-hybridized carbons (Fsp3) is 0.556. The van der Waals surface area contributed by atoms with Crippen molar-refractivity contribution >= 4 is 27.8 Å². The molecule has 1 heterocycles. The number of carbonyl (C=O) groups is 1. The van der Waals surface area contributed by atoms with E-state index in [1.807, 2.05) is 18.2 Å². The second kappa shape index (κ2) is 5.99. The van der Waals surface area contributed by atoms with Gasteiger partial charge in [-0.3, -0.25) is 4.79 Å². The molecule has 0 amide bonds. The number of carbonyl (C=O) groups excluding carboxylic acids is 1. The molecular weight excluding hydrogens is 294 g/mol. The van der Waals surface area contributed by atoms with Gasteiger partial charge in [-0.05, 0) is 49.1 Å². The molecule has 0 N–H and O–H groups in total. The molecule has 2 aromatic rings. The number of aromatic nitrogens is 1. The van der Waals surface area contributed by atoms with Crippen molar-refractivity contribution in [3.8, 4) is 5.75 Å². The van der Waals surface area contributed by atoms with Crippen molar-refractivity contribution < 1.29 is 9.53 Å². The zero-order valence-electron chi connectivity index (χ0n) is 13.5. The van der Waals surface area contributed by atoms with Gasteiger partial charge >= 0.3 is 0 Å². The summed E-state index contributed by atoms with van der Waals surface area (Å²) in [4.78, 5) is 15.1. The number of benzene rings is 1. The molecule has 1 aromatic heterocycles. The van der Waals surface area contributed by atoms with Gasteiger partial charge in [0.25, 0.3) is 0 Å². The van der Waals surface area contributed by atoms with Gasteiger partial charge in [0.15, 0.2) is 11.3 Å². The Hall–Kier alpha value is -1.42. The Balaban J connectivity index is 1.65. The van der Waals surface area contributed by atoms with Crippen LogP contribution >= 0.6 is 11.3 Å². The largest absolute Gasteiger partial charge is 0.490 e. The molecule has 0 unspecified atom stereocenters. The molecule has 22 heavy (non-hydrogen) atoms. The third kappa shape index (κ3) is 3.32. The summed E-state index contributed by atoms with van der Waals surface area (Å²) in [6.45, 7) is 7.00. The Morgan fingerprint density at radius 3 is 2.59 bits per heavy atom. The molecule has 0 radical (unpaired) electrons. The van der Waals surface area contributed by atoms with Crippen LogP contribution in [0.15, 0.2) is 18.2 Å². The second-order valence-corrected chi connectivity index (χ2v) is 8.32. The Labute approximate surface area is 135 Å². The summed E-state index contributed by atoms with van der Waals surface area (Å²) in [6, 6.07) is 5.94. The molecule has 3 nitrogen and oxygen atoms in total. The minimum Gasteiger partial charge on any atom is -0.490 e. The maximum atomic E-state index is 10.8. The Kier molecular flexibility index (Phi) is 4.22. The summed E-state index contributed by atoms with van der Waals surface area (Å²) in [6.07, 6.45) is 5.83. The highest BCUT2D eigenvalue weighted by molar-refractivity contribution is 7.20. The predicted octanol–water partition coefficient (Wildman–Crippen LogP) is 5.09. The van der Waals surface area contributed by atoms with Gasteiger partial charge in [0.1, 0.15) is 5.75 Å². The lowest BCUT2D eigenvalue weighted by Gasteiger charge is -2.36. The van der Waals surface area contributed by atoms with Gasteiger partial charge in [-0.15, -0.1) is 11.3 Å². The van der Waals surface area contributed by atoms with E-state index >= 15 is 0 Å². The third-order valence-electron chi connectivity index (χ3n) is 4.68. The third-order valence-corrected chi connectivity index (χ3v) is 5.64. The fourth-order valence-corrected chi connectivity index (χ4v) is 4.05. The van der Waals surface area contributed by atoms with Crippen LogP contribution in [0.5, 0.6) is 5.75 Å². The maximum Gasteiger partial charge on any atom is 0.178 e. The molecule has 0 aliphatic heterocycles. The van der Waals surface area contributed by atoms with Crippen molar-refractivity contribution in [3.05, 3.63) is 23.2 Å². The van der Waals surface area contributed by atoms with E-state index in [4.69, 9.17) is 4.74 Å². The molecule has 3 rings (SSSR count). The van der Waals surface area contributed by atoms with Gasteiger partial charge in [-0.1, -0.05) is 20.8 Å². The molecule has 1 saturated carbocycles. The second-order valence-electron chi connectivity index (χ2n) is 7.26. The number of hydrogen-bond acceptors (Lipinski definition) is 4. The van der Waals surface area contributed by atoms with E-state index in [0.717, 1.165) is 41.0 Å². The van der Waals surface area contributed by atoms with E-state index in [1.54, 1.807) is 0 Å². The highest BCUT2D eigenvalue weighted by atomic mass is 32.1. The number of thiazole rings is 1. The van der Waals surface area contributed by atoms with Crippen LogP contribution in [-0.2, 0) is 0 Å². The van der Waals surface area contributed by atoms with E-state index in [0.29, 0.717) is 16.5 Å². The van der Waals surface area contributed by atoms with Gasteiger partial charge in [0.2, 0.25) is 0 Å². The van der Waals surface area contributed by atoms with Crippen molar-refractivity contribution in [3.63, 3.8) is 0 Å². The first kappa shape index (κ1) is 15.5. The fourth-order valence-electron chi connectivity index (χ4n) is 3.29. The van der Waals surface area contributed by atoms with Crippen molar-refractivity contribution in [1.29, 1.82) is 0 Å². The summed E-state index contributed by atoms with van der Waals surface area (Å²) in [7, 11) is 0. The summed E-state index contributed by atoms with van der Waals surface area (Å²) >= 11 is 1.42. The molecule has 1 aliphatic carbocycles. The molecule has 1 aliphatic rings. The van der Waals surface area contributed by atoms with Gasteiger partial charge in [-0.25, -0.2) is 4.98 Å². The summed E-state index contributed by atoms with van der Waals surface area (Å²) in [5, 5.41) is 0.526. The monoisotopic (exact) mass is 317 g/mol. The van der Waals surface area contributed by atoms with Gasteiger partial charge in [0.05, 0.1) is 16.3 Å². The molecular formula is C18H23NO2S. The van der Waals surface area contributed by atoms with Gasteiger partial charge < -0.3 is 4.74 Å². The average molecular weight is 317 g/mol. The Bertz CT molecular complexity index is 663. The SMILES string of the molecule is CC(C)(C)C1CCC(Oc2ccc3sc(C=O)nc3c2)CC1. The van der Waals surface area contributed by atoms with Crippen molar-refractivity contribution in [2.75, 3.05) is 0 Å². The Morgan fingerprint density at radius 1 is 1.23 bits per heavy atom. The highest BCUT2D eigenvalue weighted by Crippen LogP contribution is 2.39. The lowest BCUT2D eigenvalue weighted by molar-refractivity contribution is 0.0883. The van der Waals surface area contributed by atoms with Gasteiger partial charge in [-0.2, -0.15) is 0 Å². The van der Waals surface area contributed by atoms with Gasteiger partial charge in [0, 0.05) is 6.07 Å². The molecule has 118 valence electrons. The molecule has 0 spiro atoms. The zero-order chi connectivity index (χ0) is 15.7. The number of nitrogens with zero attached hydrogens (tertiary/aromatic N) is 1. The standard InChI is InChI=1S/C18H23NO2S/c1-18(2,3)12-4-6-13(7-5-12)21-14-8-9-16-15(10-14)19-17(11-20)22-16/h8-13H,4-7H2,1-3H3. The lowest BCUT2D eigenvalue weighted by Crippen LogP contribution is -2.30. The number of fused-ring (bicyclic) bond motifs is 1. The van der Waals surface area contributed by atoms with E-state index in [1.165, 1.54) is 24.2 Å². The van der Waals surface area contributed by atoms with Crippen LogP contribution in [-0.4, -0.2) is 17.4 Å². The Morgan fingerprint density at radius 2 is 1.95 bits per heavy atom. The van der Waals surface area contributed by atoms with Crippen molar-refractivity contribution in [2.24, 2.45) is 11.3 Å². The van der Waals surface area contributed by atoms with Crippen LogP contribution in [0.1, 0.15) is 56.3 Å². The van der Waals surface area contributed by atoms with Crippen LogP contribution in [0.2, 0.25) is 0 Å². The summed E-state index contributed by atoms with van der Waals surface area (Å²) in [5.41, 5.74) is 1.25. The number of rotatable bonds is 3. The number of aldehydes is 1. The van der Waals surface area contributed by atoms with Crippen LogP contribution in [0.25, 0.3) is 10.2 Å². The van der Waals surface area contributed by atoms with E-state index in [9.17, 15) is 4.79 Å². The quantitative estimate of drug-likeness (QED) is 0.740. The summed E-state index contributed by atoms with van der Waals surface area (Å²) in [5.74, 6) is 1.66. The maximum absolute atomic E-state index is 10.8. The first-order valence-electron chi connectivity index (χ1n) is 7.98. The molecule has 1 fully saturated rings. The normalized spacial score (nSPS) is 22.7. The summed E-state index contributed by atoms with van der Waals surface area (Å²) < 4.78 is 7.18. The molecule has 0 atom stereocenters. The minimum absolute atomic E-state index is 0.306. The lowest BCUT2D eigenvalue weighted by atomic mass is 9.72. The smallest absolute Gasteiger partial charge is 0.178 e. The van der Waals surface area contributed by atoms with E-state index in [-0.39, 0.29) is 0 Å². The van der Waals surface area contributed by atoms with Crippen molar-refractivity contribution in [2.45, 2.75) is 52.6 Å². The number of ether oxygens (including phenoxy) is 1. The van der Waals surface area contributed by atoms with Crippen molar-refractivity contribution in [1.82, 2.24) is 4.98 Å². The first-order chi connectivity index (χ1) is 10.5. The highest BCUT2D eigenvalue weighted by Gasteiger charge is 2.30. The molecule has 4 heteroatoms. The number of hydrogen-bond donors (Lipinski definition) is 0. The van der Waals surface area contributed by atoms with Crippen LogP contribution < -0.4 is 4.74 Å². The van der Waals surface area contributed by atoms with E-state index < -0.39 is 0 Å². The average Bonchev–Trinajstić information content (AvgIpc) is 2.89. The molecule has 0 saturated heterocycles. The topological polar surface area (TPSA) is 39.2 Å². The van der Waals surface area contributed by atoms with E-state index in [2.05, 4.69) is 25.8 Å². The minimum atomic E-state index is 0.306. The van der Waals surface area contributed by atoms with Crippen LogP contribution in [0.3, 0.4) is 0 Å². The molecule has 1 aromatic carbocycles. The molecule has 0 bridgehead atoms. The first-order valence-corrected chi connectivity index (χ1v) is 8.80. The van der Waals surface area contributed by atoms with Crippen LogP contribution in [0.4, 0.5) is 0 Å². The van der Waals surface area contributed by atoms with Crippen LogP contribution in [0, 0.1) is 11.3 Å². The predicted molar refractivity (Wildman–Crippen MR) is 90.8 cm³/mol.